The fourth-order valence-electron chi connectivity index (χ4n) is 8.74. The van der Waals surface area contributed by atoms with Crippen molar-refractivity contribution >= 4 is 29.2 Å². The lowest BCUT2D eigenvalue weighted by atomic mass is 9.46. The minimum absolute atomic E-state index is 0.0401. The van der Waals surface area contributed by atoms with Gasteiger partial charge in [0, 0.05) is 23.0 Å². The van der Waals surface area contributed by atoms with E-state index in [9.17, 15) is 9.59 Å². The predicted molar refractivity (Wildman–Crippen MR) is 129 cm³/mol. The topological polar surface area (TPSA) is 46.6 Å². The molecule has 1 amide bonds. The molecule has 3 saturated carbocycles. The zero-order valence-corrected chi connectivity index (χ0v) is 20.4. The molecule has 0 N–H and O–H groups in total. The van der Waals surface area contributed by atoms with E-state index in [0.717, 1.165) is 30.9 Å². The van der Waals surface area contributed by atoms with Gasteiger partial charge in [-0.25, -0.2) is 4.79 Å². The third-order valence-electron chi connectivity index (χ3n) is 10.5. The summed E-state index contributed by atoms with van der Waals surface area (Å²) in [5.74, 6) is 2.87. The molecular weight excluding hydrogens is 434 g/mol. The van der Waals surface area contributed by atoms with E-state index in [1.165, 1.54) is 31.3 Å². The van der Waals surface area contributed by atoms with Crippen molar-refractivity contribution in [2.45, 2.75) is 71.3 Å². The summed E-state index contributed by atoms with van der Waals surface area (Å²) in [6, 6.07) is 7.46. The number of benzene rings is 1. The van der Waals surface area contributed by atoms with Crippen LogP contribution in [0.5, 0.6) is 0 Å². The summed E-state index contributed by atoms with van der Waals surface area (Å²) in [5, 5.41) is 0.673. The predicted octanol–water partition coefficient (Wildman–Crippen LogP) is 6.81. The quantitative estimate of drug-likeness (QED) is 0.479. The number of hydrogen-bond acceptors (Lipinski definition) is 3. The number of ether oxygens (including phenoxy) is 1. The Kier molecular flexibility index (Phi) is 5.00. The molecule has 1 aliphatic heterocycles. The second kappa shape index (κ2) is 7.60. The summed E-state index contributed by atoms with van der Waals surface area (Å²) in [5.41, 5.74) is 2.73. The maximum Gasteiger partial charge on any atom is 0.414 e. The highest BCUT2D eigenvalue weighted by molar-refractivity contribution is 6.30. The van der Waals surface area contributed by atoms with E-state index in [1.807, 2.05) is 30.3 Å². The summed E-state index contributed by atoms with van der Waals surface area (Å²) in [6.45, 7) is 5.57. The number of allylic oxidation sites excluding steroid dienone is 1. The number of nitrogens with zero attached hydrogens (tertiary/aromatic N) is 1. The fraction of sp³-hybridized carbons (Fsp3) is 0.643. The molecule has 1 aromatic rings. The lowest BCUT2D eigenvalue weighted by Crippen LogP contribution is -2.51. The van der Waals surface area contributed by atoms with Crippen molar-refractivity contribution in [3.63, 3.8) is 0 Å². The van der Waals surface area contributed by atoms with E-state index in [1.54, 1.807) is 4.90 Å². The molecule has 4 nitrogen and oxygen atoms in total. The van der Waals surface area contributed by atoms with Crippen LogP contribution in [0.25, 0.3) is 0 Å². The largest absolute Gasteiger partial charge is 0.444 e. The first kappa shape index (κ1) is 21.7. The van der Waals surface area contributed by atoms with Gasteiger partial charge >= 0.3 is 6.09 Å². The van der Waals surface area contributed by atoms with E-state index < -0.39 is 0 Å². The van der Waals surface area contributed by atoms with Crippen LogP contribution in [-0.2, 0) is 9.53 Å². The number of carbonyl (C=O) groups excluding carboxylic acids is 2. The Morgan fingerprint density at radius 2 is 1.70 bits per heavy atom. The molecule has 4 aliphatic carbocycles. The molecule has 1 saturated heterocycles. The maximum atomic E-state index is 12.8. The van der Waals surface area contributed by atoms with Gasteiger partial charge in [0.1, 0.15) is 6.10 Å². The number of fused-ring (bicyclic) bond motifs is 5. The van der Waals surface area contributed by atoms with E-state index in [-0.39, 0.29) is 23.0 Å². The molecule has 4 fully saturated rings. The SMILES string of the molecule is C[C@]12CC[C@H]3[C@@H](CCC4=CC(=O)CC[C@@]43C)[C@@H]1CC[C@@H]2C1CN(c2ccc(Cl)cc2)C(=O)O1. The number of rotatable bonds is 2. The molecule has 176 valence electrons. The first-order valence-electron chi connectivity index (χ1n) is 12.8. The van der Waals surface area contributed by atoms with Crippen molar-refractivity contribution in [2.75, 3.05) is 11.4 Å². The minimum Gasteiger partial charge on any atom is -0.444 e. The van der Waals surface area contributed by atoms with Crippen molar-refractivity contribution in [1.29, 1.82) is 0 Å². The second-order valence-corrected chi connectivity index (χ2v) is 12.1. The average Bonchev–Trinajstić information content (AvgIpc) is 3.34. The highest BCUT2D eigenvalue weighted by atomic mass is 35.5. The maximum absolute atomic E-state index is 12.8. The highest BCUT2D eigenvalue weighted by Crippen LogP contribution is 2.67. The monoisotopic (exact) mass is 467 g/mol. The van der Waals surface area contributed by atoms with Gasteiger partial charge in [0.2, 0.25) is 0 Å². The van der Waals surface area contributed by atoms with E-state index in [2.05, 4.69) is 13.8 Å². The number of anilines is 1. The number of halogens is 1. The van der Waals surface area contributed by atoms with Gasteiger partial charge in [0.15, 0.2) is 5.78 Å². The molecule has 5 heteroatoms. The Morgan fingerprint density at radius 3 is 2.48 bits per heavy atom. The molecular formula is C28H34ClNO3. The summed E-state index contributed by atoms with van der Waals surface area (Å²) in [6.07, 6.45) is 10.6. The Balaban J connectivity index is 1.23. The first-order chi connectivity index (χ1) is 15.8. The van der Waals surface area contributed by atoms with Crippen molar-refractivity contribution in [3.8, 4) is 0 Å². The molecule has 1 unspecified atom stereocenters. The van der Waals surface area contributed by atoms with Crippen LogP contribution in [0, 0.1) is 34.5 Å². The summed E-state index contributed by atoms with van der Waals surface area (Å²) >= 11 is 6.04. The van der Waals surface area contributed by atoms with Gasteiger partial charge in [-0.3, -0.25) is 9.69 Å². The summed E-state index contributed by atoms with van der Waals surface area (Å²) < 4.78 is 6.02. The third-order valence-corrected chi connectivity index (χ3v) is 10.7. The number of hydrogen-bond donors (Lipinski definition) is 0. The molecule has 6 rings (SSSR count). The standard InChI is InChI=1S/C28H34ClNO3/c1-27-13-11-20(31)15-17(27)3-8-21-22-9-10-24(28(22,2)14-12-23(21)27)25-16-30(26(32)33-25)19-6-4-18(29)5-7-19/h4-7,15,21-25H,3,8-14,16H2,1-2H3/t21-,22-,23-,24+,25?,27-,28-/m0/s1. The van der Waals surface area contributed by atoms with Crippen LogP contribution in [0.2, 0.25) is 5.02 Å². The zero-order chi connectivity index (χ0) is 23.0. The van der Waals surface area contributed by atoms with Gasteiger partial charge in [-0.1, -0.05) is 31.0 Å². The number of cyclic esters (lactones) is 1. The minimum atomic E-state index is -0.227. The zero-order valence-electron chi connectivity index (χ0n) is 19.7. The lowest BCUT2D eigenvalue weighted by Gasteiger charge is -2.58. The Labute approximate surface area is 201 Å². The molecule has 0 aromatic heterocycles. The summed E-state index contributed by atoms with van der Waals surface area (Å²) in [4.78, 5) is 26.6. The van der Waals surface area contributed by atoms with Gasteiger partial charge in [-0.05, 0) is 104 Å². The number of ketones is 1. The van der Waals surface area contributed by atoms with Gasteiger partial charge in [0.25, 0.3) is 0 Å². The average molecular weight is 468 g/mol. The Hall–Kier alpha value is -1.81. The van der Waals surface area contributed by atoms with Crippen LogP contribution >= 0.6 is 11.6 Å². The van der Waals surface area contributed by atoms with E-state index in [0.29, 0.717) is 41.5 Å². The second-order valence-electron chi connectivity index (χ2n) is 11.7. The van der Waals surface area contributed by atoms with Crippen molar-refractivity contribution in [2.24, 2.45) is 34.5 Å². The molecule has 7 atom stereocenters. The fourth-order valence-corrected chi connectivity index (χ4v) is 8.86. The van der Waals surface area contributed by atoms with Crippen LogP contribution in [0.3, 0.4) is 0 Å². The van der Waals surface area contributed by atoms with Gasteiger partial charge < -0.3 is 4.74 Å². The van der Waals surface area contributed by atoms with Crippen LogP contribution < -0.4 is 4.90 Å². The first-order valence-corrected chi connectivity index (χ1v) is 13.1. The van der Waals surface area contributed by atoms with Crippen LogP contribution in [0.4, 0.5) is 10.5 Å². The van der Waals surface area contributed by atoms with Gasteiger partial charge in [-0.2, -0.15) is 0 Å². The molecule has 33 heavy (non-hydrogen) atoms. The van der Waals surface area contributed by atoms with Crippen LogP contribution in [-0.4, -0.2) is 24.5 Å². The Bertz CT molecular complexity index is 1020. The number of amides is 1. The molecule has 1 aromatic carbocycles. The Morgan fingerprint density at radius 1 is 0.939 bits per heavy atom. The highest BCUT2D eigenvalue weighted by Gasteiger charge is 2.61. The smallest absolute Gasteiger partial charge is 0.414 e. The molecule has 5 aliphatic rings. The van der Waals surface area contributed by atoms with E-state index in [4.69, 9.17) is 16.3 Å². The van der Waals surface area contributed by atoms with Crippen molar-refractivity contribution in [1.82, 2.24) is 0 Å². The van der Waals surface area contributed by atoms with Gasteiger partial charge in [0.05, 0.1) is 6.54 Å². The third kappa shape index (κ3) is 3.23. The molecule has 0 spiro atoms. The lowest BCUT2D eigenvalue weighted by molar-refractivity contribution is -0.117. The normalized spacial score (nSPS) is 42.3. The van der Waals surface area contributed by atoms with E-state index >= 15 is 0 Å². The van der Waals surface area contributed by atoms with Gasteiger partial charge in [-0.15, -0.1) is 0 Å². The van der Waals surface area contributed by atoms with Crippen LogP contribution in [0.15, 0.2) is 35.9 Å². The summed E-state index contributed by atoms with van der Waals surface area (Å²) in [7, 11) is 0. The van der Waals surface area contributed by atoms with Crippen LogP contribution in [0.1, 0.15) is 65.2 Å². The number of carbonyl (C=O) groups is 2. The van der Waals surface area contributed by atoms with Crippen molar-refractivity contribution in [3.05, 3.63) is 40.9 Å². The van der Waals surface area contributed by atoms with Crippen molar-refractivity contribution < 1.29 is 14.3 Å². The molecule has 1 heterocycles. The molecule has 0 bridgehead atoms. The molecule has 0 radical (unpaired) electrons.